The third-order valence-electron chi connectivity index (χ3n) is 4.43. The van der Waals surface area contributed by atoms with Crippen molar-refractivity contribution in [3.05, 3.63) is 47.9 Å². The van der Waals surface area contributed by atoms with Crippen molar-refractivity contribution in [3.63, 3.8) is 0 Å². The Morgan fingerprint density at radius 2 is 2.04 bits per heavy atom. The summed E-state index contributed by atoms with van der Waals surface area (Å²) in [6.45, 7) is 4.13. The number of ether oxygens (including phenoxy) is 1. The van der Waals surface area contributed by atoms with Crippen LogP contribution in [0.1, 0.15) is 40.6 Å². The number of rotatable bonds is 4. The summed E-state index contributed by atoms with van der Waals surface area (Å²) in [5.74, 6) is 0.473. The molecule has 2 aromatic rings. The van der Waals surface area contributed by atoms with Crippen LogP contribution in [-0.4, -0.2) is 42.0 Å². The summed E-state index contributed by atoms with van der Waals surface area (Å²) in [5, 5.41) is 2.69. The number of nitrogens with zero attached hydrogens (tertiary/aromatic N) is 3. The zero-order valence-electron chi connectivity index (χ0n) is 14.9. The molecule has 7 heteroatoms. The Hall–Kier alpha value is -2.96. The van der Waals surface area contributed by atoms with Crippen molar-refractivity contribution in [1.82, 2.24) is 9.97 Å². The SMILES string of the molecule is COC(=O)c1ccccc1NC(=O)c1cnc(N2CCCC(C)C2)cn1. The van der Waals surface area contributed by atoms with Crippen LogP contribution >= 0.6 is 0 Å². The van der Waals surface area contributed by atoms with Gasteiger partial charge in [-0.1, -0.05) is 19.1 Å². The minimum absolute atomic E-state index is 0.193. The second kappa shape index (κ2) is 7.95. The van der Waals surface area contributed by atoms with Gasteiger partial charge in [-0.15, -0.1) is 0 Å². The van der Waals surface area contributed by atoms with Gasteiger partial charge in [0.25, 0.3) is 5.91 Å². The van der Waals surface area contributed by atoms with Gasteiger partial charge >= 0.3 is 5.97 Å². The summed E-state index contributed by atoms with van der Waals surface area (Å²) in [6.07, 6.45) is 5.45. The van der Waals surface area contributed by atoms with Crippen molar-refractivity contribution in [2.45, 2.75) is 19.8 Å². The molecule has 0 spiro atoms. The van der Waals surface area contributed by atoms with Gasteiger partial charge in [-0.25, -0.2) is 14.8 Å². The lowest BCUT2D eigenvalue weighted by atomic mass is 10.0. The molecule has 1 saturated heterocycles. The van der Waals surface area contributed by atoms with Crippen molar-refractivity contribution in [2.75, 3.05) is 30.4 Å². The maximum absolute atomic E-state index is 12.4. The number of carbonyl (C=O) groups is 2. The average Bonchev–Trinajstić information content (AvgIpc) is 2.68. The van der Waals surface area contributed by atoms with E-state index in [9.17, 15) is 9.59 Å². The first kappa shape index (κ1) is 17.8. The van der Waals surface area contributed by atoms with Gasteiger partial charge in [-0.05, 0) is 30.9 Å². The second-order valence-electron chi connectivity index (χ2n) is 6.44. The maximum atomic E-state index is 12.4. The fraction of sp³-hybridized carbons (Fsp3) is 0.368. The van der Waals surface area contributed by atoms with E-state index in [2.05, 4.69) is 27.1 Å². The molecule has 26 heavy (non-hydrogen) atoms. The van der Waals surface area contributed by atoms with Crippen LogP contribution in [0.4, 0.5) is 11.5 Å². The summed E-state index contributed by atoms with van der Waals surface area (Å²) in [4.78, 5) is 35.0. The Labute approximate surface area is 152 Å². The smallest absolute Gasteiger partial charge is 0.339 e. The van der Waals surface area contributed by atoms with E-state index in [0.717, 1.165) is 25.3 Å². The van der Waals surface area contributed by atoms with Gasteiger partial charge in [0.1, 0.15) is 11.5 Å². The van der Waals surface area contributed by atoms with Crippen molar-refractivity contribution in [1.29, 1.82) is 0 Å². The molecule has 1 aliphatic heterocycles. The zero-order chi connectivity index (χ0) is 18.5. The molecule has 7 nitrogen and oxygen atoms in total. The van der Waals surface area contributed by atoms with Crippen LogP contribution in [0.5, 0.6) is 0 Å². The molecule has 3 rings (SSSR count). The standard InChI is InChI=1S/C19H22N4O3/c1-13-6-5-9-23(12-13)17-11-20-16(10-21-17)18(24)22-15-8-4-3-7-14(15)19(25)26-2/h3-4,7-8,10-11,13H,5-6,9,12H2,1-2H3,(H,22,24). The fourth-order valence-electron chi connectivity index (χ4n) is 3.07. The number of hydrogen-bond donors (Lipinski definition) is 1. The second-order valence-corrected chi connectivity index (χ2v) is 6.44. The van der Waals surface area contributed by atoms with E-state index in [-0.39, 0.29) is 11.3 Å². The summed E-state index contributed by atoms with van der Waals surface area (Å²) >= 11 is 0. The van der Waals surface area contributed by atoms with E-state index < -0.39 is 11.9 Å². The highest BCUT2D eigenvalue weighted by atomic mass is 16.5. The highest BCUT2D eigenvalue weighted by Crippen LogP contribution is 2.21. The van der Waals surface area contributed by atoms with Gasteiger partial charge in [0.05, 0.1) is 30.8 Å². The van der Waals surface area contributed by atoms with Crippen LogP contribution in [0.25, 0.3) is 0 Å². The number of nitrogens with one attached hydrogen (secondary N) is 1. The number of benzene rings is 1. The normalized spacial score (nSPS) is 16.8. The minimum Gasteiger partial charge on any atom is -0.465 e. The van der Waals surface area contributed by atoms with E-state index in [1.165, 1.54) is 19.7 Å². The molecule has 1 aliphatic rings. The van der Waals surface area contributed by atoms with Gasteiger partial charge < -0.3 is 15.0 Å². The maximum Gasteiger partial charge on any atom is 0.339 e. The van der Waals surface area contributed by atoms with Gasteiger partial charge in [-0.2, -0.15) is 0 Å². The van der Waals surface area contributed by atoms with Crippen LogP contribution < -0.4 is 10.2 Å². The van der Waals surface area contributed by atoms with E-state index >= 15 is 0 Å². The van der Waals surface area contributed by atoms with Crippen molar-refractivity contribution < 1.29 is 14.3 Å². The summed E-state index contributed by atoms with van der Waals surface area (Å²) in [6, 6.07) is 6.67. The van der Waals surface area contributed by atoms with Crippen LogP contribution in [0.3, 0.4) is 0 Å². The molecule has 0 bridgehead atoms. The lowest BCUT2D eigenvalue weighted by Crippen LogP contribution is -2.35. The predicted molar refractivity (Wildman–Crippen MR) is 98.4 cm³/mol. The molecule has 1 atom stereocenters. The molecule has 1 aromatic carbocycles. The fourth-order valence-corrected chi connectivity index (χ4v) is 3.07. The predicted octanol–water partition coefficient (Wildman–Crippen LogP) is 2.75. The first-order valence-corrected chi connectivity index (χ1v) is 8.64. The Balaban J connectivity index is 1.72. The molecule has 1 amide bonds. The van der Waals surface area contributed by atoms with Gasteiger partial charge in [0, 0.05) is 13.1 Å². The van der Waals surface area contributed by atoms with E-state index in [0.29, 0.717) is 11.6 Å². The highest BCUT2D eigenvalue weighted by Gasteiger charge is 2.19. The first-order valence-electron chi connectivity index (χ1n) is 8.64. The lowest BCUT2D eigenvalue weighted by molar-refractivity contribution is 0.0602. The summed E-state index contributed by atoms with van der Waals surface area (Å²) in [7, 11) is 1.30. The lowest BCUT2D eigenvalue weighted by Gasteiger charge is -2.31. The number of para-hydroxylation sites is 1. The Kier molecular flexibility index (Phi) is 5.46. The Bertz CT molecular complexity index is 792. The summed E-state index contributed by atoms with van der Waals surface area (Å²) in [5.41, 5.74) is 0.855. The third kappa shape index (κ3) is 3.99. The number of carbonyl (C=O) groups excluding carboxylic acids is 2. The van der Waals surface area contributed by atoms with E-state index in [4.69, 9.17) is 4.74 Å². The first-order chi connectivity index (χ1) is 12.6. The number of amides is 1. The minimum atomic E-state index is -0.512. The Morgan fingerprint density at radius 1 is 1.23 bits per heavy atom. The molecular weight excluding hydrogens is 332 g/mol. The molecule has 1 aromatic heterocycles. The highest BCUT2D eigenvalue weighted by molar-refractivity contribution is 6.06. The molecule has 136 valence electrons. The molecule has 0 aliphatic carbocycles. The van der Waals surface area contributed by atoms with Crippen LogP contribution in [-0.2, 0) is 4.74 Å². The van der Waals surface area contributed by atoms with E-state index in [1.807, 2.05) is 0 Å². The molecule has 0 radical (unpaired) electrons. The number of hydrogen-bond acceptors (Lipinski definition) is 6. The van der Waals surface area contributed by atoms with Crippen LogP contribution in [0.2, 0.25) is 0 Å². The van der Waals surface area contributed by atoms with Crippen molar-refractivity contribution in [3.8, 4) is 0 Å². The third-order valence-corrected chi connectivity index (χ3v) is 4.43. The van der Waals surface area contributed by atoms with Gasteiger partial charge in [0.2, 0.25) is 0 Å². The average molecular weight is 354 g/mol. The monoisotopic (exact) mass is 354 g/mol. The Morgan fingerprint density at radius 3 is 2.73 bits per heavy atom. The van der Waals surface area contributed by atoms with Crippen LogP contribution in [0.15, 0.2) is 36.7 Å². The largest absolute Gasteiger partial charge is 0.465 e. The number of methoxy groups -OCH3 is 1. The van der Waals surface area contributed by atoms with Crippen molar-refractivity contribution >= 4 is 23.4 Å². The number of piperidine rings is 1. The molecule has 1 fully saturated rings. The molecule has 2 heterocycles. The van der Waals surface area contributed by atoms with E-state index in [1.54, 1.807) is 30.5 Å². The molecule has 1 N–H and O–H groups in total. The van der Waals surface area contributed by atoms with Gasteiger partial charge in [0.15, 0.2) is 0 Å². The zero-order valence-corrected chi connectivity index (χ0v) is 14.9. The quantitative estimate of drug-likeness (QED) is 0.850. The van der Waals surface area contributed by atoms with Crippen LogP contribution in [0, 0.1) is 5.92 Å². The molecular formula is C19H22N4O3. The topological polar surface area (TPSA) is 84.4 Å². The number of esters is 1. The number of aromatic nitrogens is 2. The number of anilines is 2. The van der Waals surface area contributed by atoms with Gasteiger partial charge in [-0.3, -0.25) is 4.79 Å². The van der Waals surface area contributed by atoms with Crippen molar-refractivity contribution in [2.24, 2.45) is 5.92 Å². The molecule has 1 unspecified atom stereocenters. The molecule has 0 saturated carbocycles. The summed E-state index contributed by atoms with van der Waals surface area (Å²) < 4.78 is 4.73.